The molecule has 1 fully saturated rings. The largest absolute Gasteiger partial charge is 0.496 e. The summed E-state index contributed by atoms with van der Waals surface area (Å²) in [6.45, 7) is 6.84. The van der Waals surface area contributed by atoms with E-state index >= 15 is 0 Å². The van der Waals surface area contributed by atoms with Gasteiger partial charge in [0.2, 0.25) is 10.0 Å². The number of benzene rings is 3. The van der Waals surface area contributed by atoms with Gasteiger partial charge in [-0.3, -0.25) is 4.90 Å². The van der Waals surface area contributed by atoms with Gasteiger partial charge in [-0.05, 0) is 49.2 Å². The van der Waals surface area contributed by atoms with Gasteiger partial charge in [0.15, 0.2) is 0 Å². The minimum absolute atomic E-state index is 0.0744. The molecule has 5 rings (SSSR count). The predicted molar refractivity (Wildman–Crippen MR) is 159 cm³/mol. The third kappa shape index (κ3) is 5.96. The summed E-state index contributed by atoms with van der Waals surface area (Å²) in [4.78, 5) is 12.5. The van der Waals surface area contributed by atoms with E-state index in [1.165, 1.54) is 0 Å². The molecule has 0 saturated carbocycles. The Bertz CT molecular complexity index is 1550. The summed E-state index contributed by atoms with van der Waals surface area (Å²) in [5.41, 5.74) is 3.07. The molecule has 210 valence electrons. The molecule has 8 nitrogen and oxygen atoms in total. The highest BCUT2D eigenvalue weighted by Crippen LogP contribution is 2.28. The zero-order chi connectivity index (χ0) is 28.1. The highest BCUT2D eigenvalue weighted by atomic mass is 32.2. The molecular weight excluding hydrogens is 522 g/mol. The van der Waals surface area contributed by atoms with Gasteiger partial charge in [0.1, 0.15) is 17.4 Å². The first-order valence-electron chi connectivity index (χ1n) is 13.9. The zero-order valence-electron chi connectivity index (χ0n) is 23.4. The maximum Gasteiger partial charge on any atom is 0.243 e. The molecule has 2 heterocycles. The topological polar surface area (TPSA) is 87.7 Å². The van der Waals surface area contributed by atoms with Crippen LogP contribution in [0.4, 0.5) is 5.82 Å². The van der Waals surface area contributed by atoms with Crippen LogP contribution in [0.15, 0.2) is 77.7 Å². The van der Waals surface area contributed by atoms with Crippen molar-refractivity contribution in [1.82, 2.24) is 19.2 Å². The highest BCUT2D eigenvalue weighted by Gasteiger charge is 2.31. The Morgan fingerprint density at radius 2 is 1.62 bits per heavy atom. The Kier molecular flexibility index (Phi) is 8.63. The number of nitrogens with one attached hydrogen (secondary N) is 1. The fourth-order valence-electron chi connectivity index (χ4n) is 5.20. The first-order chi connectivity index (χ1) is 19.4. The number of fused-ring (bicyclic) bond motifs is 1. The standard InChI is InChI=1S/C31H37N5O3S/c1-4-9-24-14-16-26(17-15-24)40(37,38)36-20-18-35(19-21-36)23(2)30-33-28-12-7-6-11-27(28)31(34-30)32-22-25-10-5-8-13-29(25)39-3/h5-8,10-17,23H,4,9,18-22H2,1-3H3,(H,32,33,34). The number of rotatable bonds is 10. The number of anilines is 1. The van der Waals surface area contributed by atoms with Crippen LogP contribution in [0.25, 0.3) is 10.9 Å². The second-order valence-corrected chi connectivity index (χ2v) is 12.1. The molecule has 1 aromatic heterocycles. The maximum absolute atomic E-state index is 13.3. The molecule has 40 heavy (non-hydrogen) atoms. The second kappa shape index (κ2) is 12.3. The molecular formula is C31H37N5O3S. The van der Waals surface area contributed by atoms with Gasteiger partial charge >= 0.3 is 0 Å². The fourth-order valence-corrected chi connectivity index (χ4v) is 6.63. The lowest BCUT2D eigenvalue weighted by molar-refractivity contribution is 0.141. The number of nitrogens with zero attached hydrogens (tertiary/aromatic N) is 4. The van der Waals surface area contributed by atoms with Crippen LogP contribution in [-0.2, 0) is 23.0 Å². The molecule has 0 bridgehead atoms. The van der Waals surface area contributed by atoms with Gasteiger partial charge in [-0.25, -0.2) is 18.4 Å². The van der Waals surface area contributed by atoms with Gasteiger partial charge in [0, 0.05) is 43.7 Å². The Balaban J connectivity index is 1.30. The minimum atomic E-state index is -3.53. The van der Waals surface area contributed by atoms with Crippen LogP contribution in [0.1, 0.15) is 43.3 Å². The zero-order valence-corrected chi connectivity index (χ0v) is 24.2. The summed E-state index contributed by atoms with van der Waals surface area (Å²) < 4.78 is 33.7. The van der Waals surface area contributed by atoms with Crippen molar-refractivity contribution in [3.05, 3.63) is 89.7 Å². The average molecular weight is 560 g/mol. The number of hydrogen-bond acceptors (Lipinski definition) is 7. The van der Waals surface area contributed by atoms with Crippen LogP contribution < -0.4 is 10.1 Å². The van der Waals surface area contributed by atoms with Gasteiger partial charge in [0.05, 0.1) is 23.6 Å². The number of ether oxygens (including phenoxy) is 1. The quantitative estimate of drug-likeness (QED) is 0.283. The number of aromatic nitrogens is 2. The molecule has 4 aromatic rings. The van der Waals surface area contributed by atoms with Crippen molar-refractivity contribution in [3.8, 4) is 5.75 Å². The molecule has 1 atom stereocenters. The third-order valence-electron chi connectivity index (χ3n) is 7.55. The van der Waals surface area contributed by atoms with Crippen molar-refractivity contribution in [2.45, 2.75) is 44.2 Å². The summed E-state index contributed by atoms with van der Waals surface area (Å²) in [5, 5.41) is 4.45. The number of hydrogen-bond donors (Lipinski definition) is 1. The van der Waals surface area contributed by atoms with E-state index in [0.29, 0.717) is 43.4 Å². The second-order valence-electron chi connectivity index (χ2n) is 10.1. The number of sulfonamides is 1. The molecule has 1 unspecified atom stereocenters. The Labute approximate surface area is 237 Å². The first kappa shape index (κ1) is 28.0. The monoisotopic (exact) mass is 559 g/mol. The summed E-state index contributed by atoms with van der Waals surface area (Å²) in [5.74, 6) is 2.31. The fraction of sp³-hybridized carbons (Fsp3) is 0.355. The van der Waals surface area contributed by atoms with E-state index in [4.69, 9.17) is 14.7 Å². The van der Waals surface area contributed by atoms with Crippen molar-refractivity contribution in [1.29, 1.82) is 0 Å². The first-order valence-corrected chi connectivity index (χ1v) is 15.3. The highest BCUT2D eigenvalue weighted by molar-refractivity contribution is 7.89. The Morgan fingerprint density at radius 1 is 0.925 bits per heavy atom. The van der Waals surface area contributed by atoms with Crippen molar-refractivity contribution in [3.63, 3.8) is 0 Å². The minimum Gasteiger partial charge on any atom is -0.496 e. The number of para-hydroxylation sites is 2. The van der Waals surface area contributed by atoms with Crippen molar-refractivity contribution in [2.75, 3.05) is 38.6 Å². The average Bonchev–Trinajstić information content (AvgIpc) is 3.00. The molecule has 9 heteroatoms. The number of aryl methyl sites for hydroxylation is 1. The lowest BCUT2D eigenvalue weighted by Crippen LogP contribution is -2.49. The number of piperazine rings is 1. The molecule has 1 N–H and O–H groups in total. The lowest BCUT2D eigenvalue weighted by Gasteiger charge is -2.37. The van der Waals surface area contributed by atoms with E-state index in [1.54, 1.807) is 23.5 Å². The maximum atomic E-state index is 13.3. The normalized spacial score (nSPS) is 15.7. The van der Waals surface area contributed by atoms with Gasteiger partial charge in [-0.15, -0.1) is 0 Å². The molecule has 3 aromatic carbocycles. The molecule has 1 aliphatic heterocycles. The van der Waals surface area contributed by atoms with Crippen LogP contribution in [0.2, 0.25) is 0 Å². The predicted octanol–water partition coefficient (Wildman–Crippen LogP) is 5.27. The van der Waals surface area contributed by atoms with Gasteiger partial charge in [-0.2, -0.15) is 4.31 Å². The van der Waals surface area contributed by atoms with Crippen LogP contribution in [0.3, 0.4) is 0 Å². The van der Waals surface area contributed by atoms with E-state index in [0.717, 1.165) is 46.4 Å². The molecule has 0 spiro atoms. The summed E-state index contributed by atoms with van der Waals surface area (Å²) in [6, 6.07) is 23.1. The molecule has 0 radical (unpaired) electrons. The van der Waals surface area contributed by atoms with Gasteiger partial charge in [-0.1, -0.05) is 55.8 Å². The molecule has 0 amide bonds. The van der Waals surface area contributed by atoms with E-state index in [1.807, 2.05) is 60.7 Å². The van der Waals surface area contributed by atoms with Crippen molar-refractivity contribution < 1.29 is 13.2 Å². The molecule has 1 saturated heterocycles. The molecule has 1 aliphatic rings. The Morgan fingerprint density at radius 3 is 2.35 bits per heavy atom. The third-order valence-corrected chi connectivity index (χ3v) is 9.47. The van der Waals surface area contributed by atoms with E-state index in [9.17, 15) is 8.42 Å². The molecule has 0 aliphatic carbocycles. The smallest absolute Gasteiger partial charge is 0.243 e. The van der Waals surface area contributed by atoms with Crippen molar-refractivity contribution in [2.24, 2.45) is 0 Å². The van der Waals surface area contributed by atoms with Crippen LogP contribution >= 0.6 is 0 Å². The van der Waals surface area contributed by atoms with E-state index in [2.05, 4.69) is 24.1 Å². The summed E-state index contributed by atoms with van der Waals surface area (Å²) >= 11 is 0. The van der Waals surface area contributed by atoms with Crippen LogP contribution in [0, 0.1) is 0 Å². The van der Waals surface area contributed by atoms with Crippen LogP contribution in [-0.4, -0.2) is 60.9 Å². The number of methoxy groups -OCH3 is 1. The van der Waals surface area contributed by atoms with Gasteiger partial charge < -0.3 is 10.1 Å². The van der Waals surface area contributed by atoms with Gasteiger partial charge in [0.25, 0.3) is 0 Å². The summed E-state index contributed by atoms with van der Waals surface area (Å²) in [7, 11) is -1.85. The van der Waals surface area contributed by atoms with E-state index < -0.39 is 10.0 Å². The SMILES string of the molecule is CCCc1ccc(S(=O)(=O)N2CCN(C(C)c3nc(NCc4ccccc4OC)c4ccccc4n3)CC2)cc1. The summed E-state index contributed by atoms with van der Waals surface area (Å²) in [6.07, 6.45) is 1.98. The van der Waals surface area contributed by atoms with Crippen molar-refractivity contribution >= 4 is 26.7 Å². The van der Waals surface area contributed by atoms with Crippen LogP contribution in [0.5, 0.6) is 5.75 Å². The lowest BCUT2D eigenvalue weighted by atomic mass is 10.1. The van der Waals surface area contributed by atoms with E-state index in [-0.39, 0.29) is 6.04 Å². The Hall–Kier alpha value is -3.53.